The zero-order valence-electron chi connectivity index (χ0n) is 9.98. The van der Waals surface area contributed by atoms with E-state index >= 15 is 0 Å². The van der Waals surface area contributed by atoms with Crippen LogP contribution in [0, 0.1) is 0 Å². The summed E-state index contributed by atoms with van der Waals surface area (Å²) < 4.78 is 5.54. The van der Waals surface area contributed by atoms with Gasteiger partial charge in [0.1, 0.15) is 5.75 Å². The quantitative estimate of drug-likeness (QED) is 0.830. The summed E-state index contributed by atoms with van der Waals surface area (Å²) in [6.07, 6.45) is 1.44. The zero-order chi connectivity index (χ0) is 12.3. The molecule has 1 aliphatic rings. The molecule has 0 fully saturated rings. The van der Waals surface area contributed by atoms with Crippen LogP contribution in [0.15, 0.2) is 24.3 Å². The third-order valence-corrected chi connectivity index (χ3v) is 3.05. The van der Waals surface area contributed by atoms with Crippen LogP contribution in [-0.2, 0) is 4.79 Å². The molecule has 3 N–H and O–H groups in total. The number of hydrogen-bond acceptors (Lipinski definition) is 3. The third-order valence-electron chi connectivity index (χ3n) is 3.05. The van der Waals surface area contributed by atoms with Crippen molar-refractivity contribution in [3.8, 4) is 5.75 Å². The second kappa shape index (κ2) is 5.19. The van der Waals surface area contributed by atoms with E-state index in [1.165, 1.54) is 0 Å². The van der Waals surface area contributed by atoms with Gasteiger partial charge in [0.05, 0.1) is 18.7 Å². The van der Waals surface area contributed by atoms with Crippen molar-refractivity contribution in [3.05, 3.63) is 29.8 Å². The molecule has 0 aliphatic carbocycles. The summed E-state index contributed by atoms with van der Waals surface area (Å²) in [4.78, 5) is 11.8. The lowest BCUT2D eigenvalue weighted by Gasteiger charge is -2.27. The Labute approximate surface area is 101 Å². The van der Waals surface area contributed by atoms with E-state index in [1.807, 2.05) is 31.2 Å². The maximum atomic E-state index is 11.8. The lowest BCUT2D eigenvalue weighted by atomic mass is 10.00. The van der Waals surface area contributed by atoms with Crippen LogP contribution in [0.25, 0.3) is 0 Å². The Bertz CT molecular complexity index is 406. The number of benzene rings is 1. The first-order valence-electron chi connectivity index (χ1n) is 6.00. The summed E-state index contributed by atoms with van der Waals surface area (Å²) in [6, 6.07) is 7.38. The Morgan fingerprint density at radius 2 is 2.35 bits per heavy atom. The molecule has 4 heteroatoms. The van der Waals surface area contributed by atoms with Crippen molar-refractivity contribution >= 4 is 5.91 Å². The molecule has 2 atom stereocenters. The molecule has 1 aliphatic heterocycles. The van der Waals surface area contributed by atoms with E-state index in [9.17, 15) is 4.79 Å². The second-order valence-electron chi connectivity index (χ2n) is 4.25. The molecule has 0 radical (unpaired) electrons. The highest BCUT2D eigenvalue weighted by atomic mass is 16.5. The first-order chi connectivity index (χ1) is 8.22. The van der Waals surface area contributed by atoms with Crippen molar-refractivity contribution in [1.29, 1.82) is 0 Å². The predicted molar refractivity (Wildman–Crippen MR) is 65.7 cm³/mol. The number of para-hydroxylation sites is 1. The Balaban J connectivity index is 2.11. The van der Waals surface area contributed by atoms with Gasteiger partial charge in [-0.1, -0.05) is 25.1 Å². The van der Waals surface area contributed by atoms with E-state index in [-0.39, 0.29) is 11.9 Å². The van der Waals surface area contributed by atoms with Gasteiger partial charge in [-0.2, -0.15) is 0 Å². The van der Waals surface area contributed by atoms with Gasteiger partial charge >= 0.3 is 0 Å². The number of nitrogens with two attached hydrogens (primary N) is 1. The van der Waals surface area contributed by atoms with Crippen LogP contribution in [0.2, 0.25) is 0 Å². The van der Waals surface area contributed by atoms with Gasteiger partial charge in [-0.05, 0) is 12.5 Å². The van der Waals surface area contributed by atoms with Crippen LogP contribution in [-0.4, -0.2) is 18.6 Å². The fourth-order valence-electron chi connectivity index (χ4n) is 1.96. The van der Waals surface area contributed by atoms with Gasteiger partial charge in [0.25, 0.3) is 0 Å². The van der Waals surface area contributed by atoms with Gasteiger partial charge in [0, 0.05) is 12.0 Å². The molecule has 1 aromatic rings. The topological polar surface area (TPSA) is 64.4 Å². The molecule has 1 amide bonds. The molecule has 2 rings (SSSR count). The van der Waals surface area contributed by atoms with Crippen molar-refractivity contribution in [3.63, 3.8) is 0 Å². The monoisotopic (exact) mass is 234 g/mol. The van der Waals surface area contributed by atoms with Crippen LogP contribution in [0.5, 0.6) is 5.75 Å². The van der Waals surface area contributed by atoms with Crippen LogP contribution in [0.3, 0.4) is 0 Å². The standard InChI is InChI=1S/C13H18N2O2/c1-2-10(14)13(16)15-11-7-8-17-12-6-4-3-5-9(11)12/h3-6,10-11H,2,7-8,14H2,1H3,(H,15,16). The molecule has 1 heterocycles. The minimum absolute atomic E-state index is 0.0186. The smallest absolute Gasteiger partial charge is 0.237 e. The molecule has 4 nitrogen and oxygen atoms in total. The minimum atomic E-state index is -0.426. The van der Waals surface area contributed by atoms with Crippen molar-refractivity contribution in [1.82, 2.24) is 5.32 Å². The second-order valence-corrected chi connectivity index (χ2v) is 4.25. The average molecular weight is 234 g/mol. The Hall–Kier alpha value is -1.55. The van der Waals surface area contributed by atoms with Crippen LogP contribution in [0.1, 0.15) is 31.4 Å². The number of hydrogen-bond donors (Lipinski definition) is 2. The number of carbonyl (C=O) groups is 1. The third kappa shape index (κ3) is 2.58. The molecule has 17 heavy (non-hydrogen) atoms. The summed E-state index contributed by atoms with van der Waals surface area (Å²) in [5, 5.41) is 2.98. The SMILES string of the molecule is CCC(N)C(=O)NC1CCOc2ccccc21. The Morgan fingerprint density at radius 1 is 1.59 bits per heavy atom. The van der Waals surface area contributed by atoms with Gasteiger partial charge in [-0.15, -0.1) is 0 Å². The van der Waals surface area contributed by atoms with Crippen LogP contribution < -0.4 is 15.8 Å². The summed E-state index contributed by atoms with van der Waals surface area (Å²) in [5.74, 6) is 0.767. The predicted octanol–water partition coefficient (Wildman–Crippen LogP) is 1.36. The molecule has 0 saturated carbocycles. The summed E-state index contributed by atoms with van der Waals surface area (Å²) in [6.45, 7) is 2.53. The first-order valence-corrected chi connectivity index (χ1v) is 6.00. The molecular formula is C13H18N2O2. The zero-order valence-corrected chi connectivity index (χ0v) is 9.98. The highest BCUT2D eigenvalue weighted by Gasteiger charge is 2.23. The van der Waals surface area contributed by atoms with Crippen molar-refractivity contribution < 1.29 is 9.53 Å². The van der Waals surface area contributed by atoms with E-state index < -0.39 is 6.04 Å². The number of amides is 1. The van der Waals surface area contributed by atoms with E-state index in [0.717, 1.165) is 17.7 Å². The Morgan fingerprint density at radius 3 is 3.12 bits per heavy atom. The lowest BCUT2D eigenvalue weighted by Crippen LogP contribution is -2.42. The molecule has 0 saturated heterocycles. The number of fused-ring (bicyclic) bond motifs is 1. The highest BCUT2D eigenvalue weighted by Crippen LogP contribution is 2.31. The average Bonchev–Trinajstić information content (AvgIpc) is 2.38. The number of nitrogens with one attached hydrogen (secondary N) is 1. The first kappa shape index (κ1) is 11.9. The normalized spacial score (nSPS) is 20.0. The van der Waals surface area contributed by atoms with Gasteiger partial charge in [-0.25, -0.2) is 0 Å². The van der Waals surface area contributed by atoms with Crippen molar-refractivity contribution in [2.45, 2.75) is 31.8 Å². The van der Waals surface area contributed by atoms with E-state index in [4.69, 9.17) is 10.5 Å². The molecule has 1 aromatic carbocycles. The van der Waals surface area contributed by atoms with Gasteiger partial charge in [0.15, 0.2) is 0 Å². The number of rotatable bonds is 3. The highest BCUT2D eigenvalue weighted by molar-refractivity contribution is 5.81. The molecule has 92 valence electrons. The summed E-state index contributed by atoms with van der Waals surface area (Å²) in [7, 11) is 0. The van der Waals surface area contributed by atoms with Gasteiger partial charge < -0.3 is 15.8 Å². The number of carbonyl (C=O) groups excluding carboxylic acids is 1. The maximum Gasteiger partial charge on any atom is 0.237 e. The fourth-order valence-corrected chi connectivity index (χ4v) is 1.96. The van der Waals surface area contributed by atoms with Crippen LogP contribution in [0.4, 0.5) is 0 Å². The molecule has 0 spiro atoms. The number of ether oxygens (including phenoxy) is 1. The molecule has 0 bridgehead atoms. The van der Waals surface area contributed by atoms with Gasteiger partial charge in [0.2, 0.25) is 5.91 Å². The van der Waals surface area contributed by atoms with E-state index in [2.05, 4.69) is 5.32 Å². The lowest BCUT2D eigenvalue weighted by molar-refractivity contribution is -0.123. The van der Waals surface area contributed by atoms with E-state index in [1.54, 1.807) is 0 Å². The maximum absolute atomic E-state index is 11.8. The van der Waals surface area contributed by atoms with Crippen molar-refractivity contribution in [2.75, 3.05) is 6.61 Å². The minimum Gasteiger partial charge on any atom is -0.493 e. The van der Waals surface area contributed by atoms with E-state index in [0.29, 0.717) is 13.0 Å². The fraction of sp³-hybridized carbons (Fsp3) is 0.462. The van der Waals surface area contributed by atoms with Gasteiger partial charge in [-0.3, -0.25) is 4.79 Å². The molecule has 0 aromatic heterocycles. The Kier molecular flexibility index (Phi) is 3.64. The molecule has 2 unspecified atom stereocenters. The largest absolute Gasteiger partial charge is 0.493 e. The summed E-state index contributed by atoms with van der Waals surface area (Å²) >= 11 is 0. The summed E-state index contributed by atoms with van der Waals surface area (Å²) in [5.41, 5.74) is 6.75. The van der Waals surface area contributed by atoms with Crippen LogP contribution >= 0.6 is 0 Å². The molecular weight excluding hydrogens is 216 g/mol. The van der Waals surface area contributed by atoms with Crippen molar-refractivity contribution in [2.24, 2.45) is 5.73 Å².